The van der Waals surface area contributed by atoms with E-state index in [1.165, 1.54) is 0 Å². The summed E-state index contributed by atoms with van der Waals surface area (Å²) in [6, 6.07) is 18.9. The summed E-state index contributed by atoms with van der Waals surface area (Å²) >= 11 is 5.88. The van der Waals surface area contributed by atoms with Crippen LogP contribution in [0.25, 0.3) is 0 Å². The number of aromatic nitrogens is 1. The highest BCUT2D eigenvalue weighted by molar-refractivity contribution is 6.30. The molecule has 1 aromatic heterocycles. The lowest BCUT2D eigenvalue weighted by Gasteiger charge is -2.28. The van der Waals surface area contributed by atoms with Crippen LogP contribution in [0, 0.1) is 6.92 Å². The lowest BCUT2D eigenvalue weighted by atomic mass is 9.97. The second-order valence-electron chi connectivity index (χ2n) is 7.40. The standard InChI is InChI=1S/C24H21ClN2O2/c1-16-6-8-17(9-7-16)23(13-21(28)12-20-11-10-19(25)14-26-20)27-15-18-4-2-3-5-22(18)24(27)29/h2-11,14,23H,12-13,15H2,1H3. The Hall–Kier alpha value is -2.98. The fraction of sp³-hybridized carbons (Fsp3) is 0.208. The van der Waals surface area contributed by atoms with Gasteiger partial charge < -0.3 is 4.90 Å². The summed E-state index contributed by atoms with van der Waals surface area (Å²) in [6.07, 6.45) is 2.00. The van der Waals surface area contributed by atoms with E-state index in [9.17, 15) is 9.59 Å². The molecule has 1 aliphatic heterocycles. The molecular weight excluding hydrogens is 384 g/mol. The third-order valence-corrected chi connectivity index (χ3v) is 5.50. The van der Waals surface area contributed by atoms with Gasteiger partial charge in [-0.2, -0.15) is 0 Å². The zero-order valence-electron chi connectivity index (χ0n) is 16.1. The first-order valence-electron chi connectivity index (χ1n) is 9.59. The molecule has 29 heavy (non-hydrogen) atoms. The highest BCUT2D eigenvalue weighted by Gasteiger charge is 2.34. The van der Waals surface area contributed by atoms with Crippen molar-refractivity contribution in [2.24, 2.45) is 0 Å². The first-order valence-corrected chi connectivity index (χ1v) is 9.96. The van der Waals surface area contributed by atoms with Gasteiger partial charge in [0.1, 0.15) is 5.78 Å². The Labute approximate surface area is 175 Å². The van der Waals surface area contributed by atoms with Crippen LogP contribution in [-0.4, -0.2) is 21.6 Å². The number of ketones is 1. The average Bonchev–Trinajstić information content (AvgIpc) is 3.05. The van der Waals surface area contributed by atoms with Gasteiger partial charge in [-0.05, 0) is 36.2 Å². The van der Waals surface area contributed by atoms with Crippen molar-refractivity contribution >= 4 is 23.3 Å². The Kier molecular flexibility index (Phi) is 5.45. The maximum atomic E-state index is 13.0. The minimum atomic E-state index is -0.310. The van der Waals surface area contributed by atoms with E-state index >= 15 is 0 Å². The van der Waals surface area contributed by atoms with Gasteiger partial charge in [0.05, 0.1) is 11.1 Å². The highest BCUT2D eigenvalue weighted by atomic mass is 35.5. The molecule has 5 heteroatoms. The van der Waals surface area contributed by atoms with Crippen LogP contribution in [0.3, 0.4) is 0 Å². The first kappa shape index (κ1) is 19.3. The number of benzene rings is 2. The third-order valence-electron chi connectivity index (χ3n) is 5.28. The zero-order valence-corrected chi connectivity index (χ0v) is 16.9. The molecule has 3 aromatic rings. The smallest absolute Gasteiger partial charge is 0.255 e. The van der Waals surface area contributed by atoms with Crippen LogP contribution >= 0.6 is 11.6 Å². The Morgan fingerprint density at radius 3 is 2.55 bits per heavy atom. The van der Waals surface area contributed by atoms with Gasteiger partial charge in [0, 0.05) is 36.8 Å². The SMILES string of the molecule is Cc1ccc(C(CC(=O)Cc2ccc(Cl)cn2)N2Cc3ccccc3C2=O)cc1. The molecule has 0 saturated heterocycles. The summed E-state index contributed by atoms with van der Waals surface area (Å²) in [7, 11) is 0. The Morgan fingerprint density at radius 1 is 1.10 bits per heavy atom. The number of hydrogen-bond donors (Lipinski definition) is 0. The molecule has 146 valence electrons. The fourth-order valence-corrected chi connectivity index (χ4v) is 3.84. The van der Waals surface area contributed by atoms with Crippen LogP contribution in [0.4, 0.5) is 0 Å². The molecule has 1 unspecified atom stereocenters. The molecular formula is C24H21ClN2O2. The normalized spacial score (nSPS) is 14.0. The molecule has 0 saturated carbocycles. The van der Waals surface area contributed by atoms with E-state index in [0.717, 1.165) is 22.3 Å². The van der Waals surface area contributed by atoms with E-state index in [0.29, 0.717) is 17.3 Å². The number of aryl methyl sites for hydroxylation is 1. The van der Waals surface area contributed by atoms with Gasteiger partial charge in [-0.3, -0.25) is 14.6 Å². The molecule has 4 rings (SSSR count). The van der Waals surface area contributed by atoms with Crippen LogP contribution in [-0.2, 0) is 17.8 Å². The highest BCUT2D eigenvalue weighted by Crippen LogP contribution is 2.34. The van der Waals surface area contributed by atoms with Crippen molar-refractivity contribution in [3.63, 3.8) is 0 Å². The number of pyridine rings is 1. The summed E-state index contributed by atoms with van der Waals surface area (Å²) in [5.41, 5.74) is 4.50. The second kappa shape index (κ2) is 8.18. The molecule has 4 nitrogen and oxygen atoms in total. The molecule has 1 aliphatic rings. The quantitative estimate of drug-likeness (QED) is 0.584. The van der Waals surface area contributed by atoms with Gasteiger partial charge in [-0.25, -0.2) is 0 Å². The van der Waals surface area contributed by atoms with Gasteiger partial charge in [0.15, 0.2) is 0 Å². The summed E-state index contributed by atoms with van der Waals surface area (Å²) < 4.78 is 0. The van der Waals surface area contributed by atoms with Crippen molar-refractivity contribution in [2.75, 3.05) is 0 Å². The zero-order chi connectivity index (χ0) is 20.4. The predicted octanol–water partition coefficient (Wildman–Crippen LogP) is 4.94. The van der Waals surface area contributed by atoms with Crippen LogP contribution < -0.4 is 0 Å². The Bertz CT molecular complexity index is 1050. The molecule has 0 bridgehead atoms. The van der Waals surface area contributed by atoms with Crippen LogP contribution in [0.2, 0.25) is 5.02 Å². The van der Waals surface area contributed by atoms with Gasteiger partial charge in [0.25, 0.3) is 5.91 Å². The van der Waals surface area contributed by atoms with Gasteiger partial charge >= 0.3 is 0 Å². The van der Waals surface area contributed by atoms with Crippen LogP contribution in [0.5, 0.6) is 0 Å². The molecule has 0 fully saturated rings. The van der Waals surface area contributed by atoms with Crippen molar-refractivity contribution < 1.29 is 9.59 Å². The summed E-state index contributed by atoms with van der Waals surface area (Å²) in [4.78, 5) is 31.9. The maximum Gasteiger partial charge on any atom is 0.255 e. The first-order chi connectivity index (χ1) is 14.0. The number of rotatable bonds is 6. The number of nitrogens with zero attached hydrogens (tertiary/aromatic N) is 2. The molecule has 2 heterocycles. The van der Waals surface area contributed by atoms with E-state index < -0.39 is 0 Å². The number of hydrogen-bond acceptors (Lipinski definition) is 3. The van der Waals surface area contributed by atoms with E-state index in [-0.39, 0.29) is 30.6 Å². The molecule has 0 radical (unpaired) electrons. The maximum absolute atomic E-state index is 13.0. The van der Waals surface area contributed by atoms with E-state index in [1.807, 2.05) is 60.4 Å². The summed E-state index contributed by atoms with van der Waals surface area (Å²) in [5, 5.41) is 0.541. The van der Waals surface area contributed by atoms with E-state index in [1.54, 1.807) is 18.3 Å². The average molecular weight is 405 g/mol. The van der Waals surface area contributed by atoms with Crippen molar-refractivity contribution in [3.8, 4) is 0 Å². The summed E-state index contributed by atoms with van der Waals surface area (Å²) in [5.74, 6) is 0.0118. The number of carbonyl (C=O) groups is 2. The van der Waals surface area contributed by atoms with E-state index in [2.05, 4.69) is 4.98 Å². The minimum Gasteiger partial charge on any atom is -0.327 e. The predicted molar refractivity (Wildman–Crippen MR) is 113 cm³/mol. The van der Waals surface area contributed by atoms with E-state index in [4.69, 9.17) is 11.6 Å². The van der Waals surface area contributed by atoms with Gasteiger partial charge in [-0.1, -0.05) is 59.6 Å². The number of amides is 1. The lowest BCUT2D eigenvalue weighted by molar-refractivity contribution is -0.119. The van der Waals surface area contributed by atoms with Crippen molar-refractivity contribution in [1.82, 2.24) is 9.88 Å². The molecule has 0 spiro atoms. The molecule has 1 amide bonds. The van der Waals surface area contributed by atoms with Gasteiger partial charge in [-0.15, -0.1) is 0 Å². The Morgan fingerprint density at radius 2 is 1.86 bits per heavy atom. The number of carbonyl (C=O) groups excluding carboxylic acids is 2. The molecule has 2 aromatic carbocycles. The van der Waals surface area contributed by atoms with Crippen LogP contribution in [0.15, 0.2) is 66.9 Å². The minimum absolute atomic E-state index is 0.0245. The number of Topliss-reactive ketones (excluding diaryl/α,β-unsaturated/α-hetero) is 1. The largest absolute Gasteiger partial charge is 0.327 e. The lowest BCUT2D eigenvalue weighted by Crippen LogP contribution is -2.31. The molecule has 1 atom stereocenters. The number of halogens is 1. The topological polar surface area (TPSA) is 50.3 Å². The van der Waals surface area contributed by atoms with Crippen molar-refractivity contribution in [1.29, 1.82) is 0 Å². The van der Waals surface area contributed by atoms with Crippen molar-refractivity contribution in [3.05, 3.63) is 99.8 Å². The fourth-order valence-electron chi connectivity index (χ4n) is 3.73. The third kappa shape index (κ3) is 4.22. The van der Waals surface area contributed by atoms with Crippen LogP contribution in [0.1, 0.15) is 45.2 Å². The summed E-state index contributed by atoms with van der Waals surface area (Å²) in [6.45, 7) is 2.53. The molecule has 0 aliphatic carbocycles. The monoisotopic (exact) mass is 404 g/mol. The van der Waals surface area contributed by atoms with Gasteiger partial charge in [0.2, 0.25) is 0 Å². The number of fused-ring (bicyclic) bond motifs is 1. The second-order valence-corrected chi connectivity index (χ2v) is 7.84. The Balaban J connectivity index is 1.59. The van der Waals surface area contributed by atoms with Crippen molar-refractivity contribution in [2.45, 2.75) is 32.4 Å². The molecule has 0 N–H and O–H groups in total.